The van der Waals surface area contributed by atoms with Crippen LogP contribution in [0.2, 0.25) is 0 Å². The van der Waals surface area contributed by atoms with Crippen LogP contribution in [0.5, 0.6) is 0 Å². The zero-order chi connectivity index (χ0) is 15.5. The maximum absolute atomic E-state index is 13.0. The van der Waals surface area contributed by atoms with E-state index in [1.54, 1.807) is 30.3 Å². The number of nitriles is 1. The molecule has 2 nitrogen and oxygen atoms in total. The van der Waals surface area contributed by atoms with Crippen LogP contribution in [0.3, 0.4) is 0 Å². The van der Waals surface area contributed by atoms with Gasteiger partial charge in [-0.25, -0.2) is 4.39 Å². The van der Waals surface area contributed by atoms with Gasteiger partial charge < -0.3 is 0 Å². The third-order valence-electron chi connectivity index (χ3n) is 3.98. The molecule has 0 spiro atoms. The number of hydrogen-bond acceptors (Lipinski definition) is 2. The highest BCUT2D eigenvalue weighted by Crippen LogP contribution is 2.36. The Balaban J connectivity index is 1.87. The van der Waals surface area contributed by atoms with Crippen LogP contribution in [0.1, 0.15) is 35.4 Å². The van der Waals surface area contributed by atoms with Crippen molar-refractivity contribution in [2.45, 2.75) is 18.8 Å². The molecule has 3 rings (SSSR count). The van der Waals surface area contributed by atoms with E-state index >= 15 is 0 Å². The van der Waals surface area contributed by atoms with Crippen molar-refractivity contribution in [1.82, 2.24) is 0 Å². The van der Waals surface area contributed by atoms with E-state index in [-0.39, 0.29) is 17.5 Å². The lowest BCUT2D eigenvalue weighted by molar-refractivity contribution is -0.115. The molecule has 0 radical (unpaired) electrons. The molecule has 0 saturated heterocycles. The lowest BCUT2D eigenvalue weighted by Gasteiger charge is -2.22. The van der Waals surface area contributed by atoms with Crippen LogP contribution in [0.4, 0.5) is 4.39 Å². The van der Waals surface area contributed by atoms with Crippen molar-refractivity contribution in [3.05, 3.63) is 77.1 Å². The van der Waals surface area contributed by atoms with Gasteiger partial charge in [0, 0.05) is 6.42 Å². The van der Waals surface area contributed by atoms with E-state index in [1.165, 1.54) is 12.1 Å². The zero-order valence-electron chi connectivity index (χ0n) is 11.9. The summed E-state index contributed by atoms with van der Waals surface area (Å²) < 4.78 is 13.0. The maximum atomic E-state index is 13.0. The Morgan fingerprint density at radius 3 is 2.32 bits per heavy atom. The highest BCUT2D eigenvalue weighted by Gasteiger charge is 2.23. The average molecular weight is 291 g/mol. The topological polar surface area (TPSA) is 40.9 Å². The van der Waals surface area contributed by atoms with Crippen molar-refractivity contribution >= 4 is 11.4 Å². The van der Waals surface area contributed by atoms with Gasteiger partial charge in [0.1, 0.15) is 5.82 Å². The molecule has 1 aliphatic carbocycles. The van der Waals surface area contributed by atoms with Gasteiger partial charge in [-0.2, -0.15) is 5.26 Å². The summed E-state index contributed by atoms with van der Waals surface area (Å²) in [6, 6.07) is 15.7. The maximum Gasteiger partial charge on any atom is 0.156 e. The Kier molecular flexibility index (Phi) is 3.84. The molecule has 2 aromatic rings. The van der Waals surface area contributed by atoms with Crippen molar-refractivity contribution in [3.8, 4) is 6.07 Å². The van der Waals surface area contributed by atoms with Crippen molar-refractivity contribution in [2.24, 2.45) is 0 Å². The van der Waals surface area contributed by atoms with Crippen molar-refractivity contribution in [2.75, 3.05) is 0 Å². The summed E-state index contributed by atoms with van der Waals surface area (Å²) >= 11 is 0. The average Bonchev–Trinajstić information content (AvgIpc) is 2.55. The lowest BCUT2D eigenvalue weighted by Crippen LogP contribution is -2.12. The summed E-state index contributed by atoms with van der Waals surface area (Å²) in [5, 5.41) is 8.84. The lowest BCUT2D eigenvalue weighted by atomic mass is 9.81. The molecule has 1 aliphatic rings. The number of carbonyl (C=O) groups excluding carboxylic acids is 1. The van der Waals surface area contributed by atoms with E-state index in [0.29, 0.717) is 12.0 Å². The zero-order valence-corrected chi connectivity index (χ0v) is 11.9. The number of halogens is 1. The van der Waals surface area contributed by atoms with Crippen LogP contribution in [-0.4, -0.2) is 5.78 Å². The van der Waals surface area contributed by atoms with Crippen LogP contribution in [0, 0.1) is 17.1 Å². The molecule has 3 heteroatoms. The highest BCUT2D eigenvalue weighted by atomic mass is 19.1. The van der Waals surface area contributed by atoms with Crippen LogP contribution < -0.4 is 0 Å². The van der Waals surface area contributed by atoms with E-state index in [0.717, 1.165) is 23.1 Å². The predicted molar refractivity (Wildman–Crippen MR) is 82.5 cm³/mol. The third-order valence-corrected chi connectivity index (χ3v) is 3.98. The SMILES string of the molecule is N#Cc1ccc(C2=CC(=O)C[C@H](c3ccc(F)cc3)C2)cc1. The van der Waals surface area contributed by atoms with Gasteiger partial charge in [0.05, 0.1) is 11.6 Å². The number of hydrogen-bond donors (Lipinski definition) is 0. The quantitative estimate of drug-likeness (QED) is 0.831. The first-order valence-corrected chi connectivity index (χ1v) is 7.15. The van der Waals surface area contributed by atoms with Gasteiger partial charge in [-0.05, 0) is 59.4 Å². The molecular formula is C19H14FNO. The number of ketones is 1. The minimum atomic E-state index is -0.270. The molecule has 1 atom stereocenters. The summed E-state index contributed by atoms with van der Waals surface area (Å²) in [7, 11) is 0. The largest absolute Gasteiger partial charge is 0.295 e. The molecular weight excluding hydrogens is 277 g/mol. The van der Waals surface area contributed by atoms with Crippen molar-refractivity contribution in [3.63, 3.8) is 0 Å². The van der Waals surface area contributed by atoms with E-state index in [1.807, 2.05) is 12.1 Å². The number of benzene rings is 2. The van der Waals surface area contributed by atoms with Gasteiger partial charge in [0.15, 0.2) is 5.78 Å². The second kappa shape index (κ2) is 5.95. The smallest absolute Gasteiger partial charge is 0.156 e. The van der Waals surface area contributed by atoms with Gasteiger partial charge in [-0.15, -0.1) is 0 Å². The highest BCUT2D eigenvalue weighted by molar-refractivity contribution is 5.99. The molecule has 22 heavy (non-hydrogen) atoms. The predicted octanol–water partition coefficient (Wildman–Crippen LogP) is 4.23. The van der Waals surface area contributed by atoms with Crippen LogP contribution in [-0.2, 0) is 4.79 Å². The minimum absolute atomic E-state index is 0.0729. The second-order valence-corrected chi connectivity index (χ2v) is 5.48. The van der Waals surface area contributed by atoms with Gasteiger partial charge >= 0.3 is 0 Å². The van der Waals surface area contributed by atoms with Gasteiger partial charge in [-0.1, -0.05) is 24.3 Å². The Morgan fingerprint density at radius 1 is 1.00 bits per heavy atom. The molecule has 108 valence electrons. The number of carbonyl (C=O) groups is 1. The number of nitrogens with zero attached hydrogens (tertiary/aromatic N) is 1. The summed E-state index contributed by atoms with van der Waals surface area (Å²) in [6.07, 6.45) is 2.87. The normalized spacial score (nSPS) is 17.7. The van der Waals surface area contributed by atoms with Crippen LogP contribution in [0.25, 0.3) is 5.57 Å². The fourth-order valence-corrected chi connectivity index (χ4v) is 2.82. The molecule has 0 heterocycles. The molecule has 0 amide bonds. The first-order chi connectivity index (χ1) is 10.7. The molecule has 0 fully saturated rings. The van der Waals surface area contributed by atoms with E-state index < -0.39 is 0 Å². The second-order valence-electron chi connectivity index (χ2n) is 5.48. The van der Waals surface area contributed by atoms with E-state index in [4.69, 9.17) is 5.26 Å². The molecule has 0 N–H and O–H groups in total. The fraction of sp³-hybridized carbons (Fsp3) is 0.158. The minimum Gasteiger partial charge on any atom is -0.295 e. The third kappa shape index (κ3) is 2.96. The molecule has 0 bridgehead atoms. The summed E-state index contributed by atoms with van der Waals surface area (Å²) in [5.74, 6) is -0.113. The molecule has 2 aromatic carbocycles. The number of allylic oxidation sites excluding steroid dienone is 2. The Hall–Kier alpha value is -2.73. The van der Waals surface area contributed by atoms with Crippen molar-refractivity contribution in [1.29, 1.82) is 5.26 Å². The van der Waals surface area contributed by atoms with Crippen molar-refractivity contribution < 1.29 is 9.18 Å². The summed E-state index contributed by atoms with van der Waals surface area (Å²) in [4.78, 5) is 12.0. The van der Waals surface area contributed by atoms with Crippen LogP contribution >= 0.6 is 0 Å². The molecule has 0 unspecified atom stereocenters. The van der Waals surface area contributed by atoms with Gasteiger partial charge in [0.2, 0.25) is 0 Å². The van der Waals surface area contributed by atoms with E-state index in [2.05, 4.69) is 6.07 Å². The molecule has 0 saturated carbocycles. The number of rotatable bonds is 2. The first-order valence-electron chi connectivity index (χ1n) is 7.15. The monoisotopic (exact) mass is 291 g/mol. The first kappa shape index (κ1) is 14.2. The fourth-order valence-electron chi connectivity index (χ4n) is 2.82. The molecule has 0 aliphatic heterocycles. The van der Waals surface area contributed by atoms with Gasteiger partial charge in [0.25, 0.3) is 0 Å². The van der Waals surface area contributed by atoms with Crippen LogP contribution in [0.15, 0.2) is 54.6 Å². The Morgan fingerprint density at radius 2 is 1.68 bits per heavy atom. The van der Waals surface area contributed by atoms with E-state index in [9.17, 15) is 9.18 Å². The Labute approximate surface area is 128 Å². The summed E-state index contributed by atoms with van der Waals surface area (Å²) in [6.45, 7) is 0. The summed E-state index contributed by atoms with van der Waals surface area (Å²) in [5.41, 5.74) is 3.50. The standard InChI is InChI=1S/C19H14FNO/c20-18-7-5-15(6-8-18)17-9-16(10-19(22)11-17)14-3-1-13(12-21)2-4-14/h1-8,10,17H,9,11H2/t17-/m1/s1. The Bertz CT molecular complexity index is 767. The molecule has 0 aromatic heterocycles. The van der Waals surface area contributed by atoms with Gasteiger partial charge in [-0.3, -0.25) is 4.79 Å².